The van der Waals surface area contributed by atoms with E-state index in [-0.39, 0.29) is 0 Å². The van der Waals surface area contributed by atoms with Crippen molar-refractivity contribution in [3.8, 4) is 0 Å². The lowest BCUT2D eigenvalue weighted by atomic mass is 10.1. The number of hydrogen-bond acceptors (Lipinski definition) is 3. The maximum atomic E-state index is 15.1. The molecule has 0 saturated heterocycles. The van der Waals surface area contributed by atoms with Gasteiger partial charge in [0, 0.05) is 55.5 Å². The summed E-state index contributed by atoms with van der Waals surface area (Å²) in [6.45, 7) is 2.11. The number of nitrogens with zero attached hydrogens (tertiary/aromatic N) is 2. The van der Waals surface area contributed by atoms with Crippen LogP contribution in [0.3, 0.4) is 0 Å². The minimum atomic E-state index is -3.08. The predicted molar refractivity (Wildman–Crippen MR) is 137 cm³/mol. The van der Waals surface area contributed by atoms with Crippen molar-refractivity contribution < 1.29 is 4.57 Å². The number of anilines is 2. The molecule has 0 aliphatic heterocycles. The highest BCUT2D eigenvalue weighted by atomic mass is 31.2. The summed E-state index contributed by atoms with van der Waals surface area (Å²) in [5.41, 5.74) is 3.37. The van der Waals surface area contributed by atoms with E-state index in [0.29, 0.717) is 0 Å². The summed E-state index contributed by atoms with van der Waals surface area (Å²) >= 11 is 0. The van der Waals surface area contributed by atoms with E-state index in [0.717, 1.165) is 38.1 Å². The molecular formula is C27H29N2OP. The average molecular weight is 429 g/mol. The molecule has 0 aliphatic carbocycles. The van der Waals surface area contributed by atoms with Gasteiger partial charge in [0.15, 0.2) is 7.14 Å². The third-order valence-corrected chi connectivity index (χ3v) is 9.04. The normalized spacial score (nSPS) is 11.5. The Balaban J connectivity index is 2.00. The molecule has 4 heteroatoms. The molecule has 0 spiro atoms. The van der Waals surface area contributed by atoms with E-state index in [4.69, 9.17) is 0 Å². The van der Waals surface area contributed by atoms with Crippen molar-refractivity contribution in [3.63, 3.8) is 0 Å². The molecule has 0 radical (unpaired) electrons. The summed E-state index contributed by atoms with van der Waals surface area (Å²) in [4.78, 5) is 4.11. The SMILES string of the molecule is Cc1ccc(P(=O)(c2ccc(N(C)C)cc2)c2ccc(N(C)C)cc2)c2ccccc12. The van der Waals surface area contributed by atoms with Crippen molar-refractivity contribution in [2.24, 2.45) is 0 Å². The van der Waals surface area contributed by atoms with Gasteiger partial charge in [-0.05, 0) is 77.9 Å². The zero-order chi connectivity index (χ0) is 22.2. The van der Waals surface area contributed by atoms with Crippen molar-refractivity contribution in [1.82, 2.24) is 0 Å². The van der Waals surface area contributed by atoms with Gasteiger partial charge in [-0.2, -0.15) is 0 Å². The maximum Gasteiger partial charge on any atom is 0.171 e. The number of aryl methyl sites for hydroxylation is 1. The van der Waals surface area contributed by atoms with E-state index < -0.39 is 7.14 Å². The van der Waals surface area contributed by atoms with Gasteiger partial charge in [0.05, 0.1) is 0 Å². The molecular weight excluding hydrogens is 399 g/mol. The second-order valence-corrected chi connectivity index (χ2v) is 11.1. The molecule has 0 fully saturated rings. The lowest BCUT2D eigenvalue weighted by Gasteiger charge is -2.24. The average Bonchev–Trinajstić information content (AvgIpc) is 2.79. The van der Waals surface area contributed by atoms with Crippen LogP contribution in [0, 0.1) is 6.92 Å². The van der Waals surface area contributed by atoms with Gasteiger partial charge in [-0.3, -0.25) is 0 Å². The van der Waals surface area contributed by atoms with Crippen LogP contribution in [-0.2, 0) is 4.57 Å². The van der Waals surface area contributed by atoms with E-state index in [9.17, 15) is 0 Å². The van der Waals surface area contributed by atoms with Crippen LogP contribution in [0.15, 0.2) is 84.9 Å². The maximum absolute atomic E-state index is 15.1. The lowest BCUT2D eigenvalue weighted by molar-refractivity contribution is 0.592. The zero-order valence-corrected chi connectivity index (χ0v) is 19.7. The van der Waals surface area contributed by atoms with Gasteiger partial charge in [-0.15, -0.1) is 0 Å². The third kappa shape index (κ3) is 3.75. The van der Waals surface area contributed by atoms with Gasteiger partial charge >= 0.3 is 0 Å². The lowest BCUT2D eigenvalue weighted by Crippen LogP contribution is -2.26. The standard InChI is InChI=1S/C27H29N2OP/c1-20-10-19-27(26-9-7-6-8-25(20)26)31(30,23-15-11-21(12-16-23)28(2)3)24-17-13-22(14-18-24)29(4)5/h6-19H,1-5H3. The highest BCUT2D eigenvalue weighted by Crippen LogP contribution is 2.45. The van der Waals surface area contributed by atoms with Gasteiger partial charge in [0.1, 0.15) is 0 Å². The van der Waals surface area contributed by atoms with Gasteiger partial charge < -0.3 is 14.4 Å². The van der Waals surface area contributed by atoms with Crippen LogP contribution in [0.2, 0.25) is 0 Å². The number of rotatable bonds is 5. The Hall–Kier alpha value is -3.03. The molecule has 0 atom stereocenters. The van der Waals surface area contributed by atoms with Gasteiger partial charge in [0.2, 0.25) is 0 Å². The smallest absolute Gasteiger partial charge is 0.171 e. The van der Waals surface area contributed by atoms with Crippen LogP contribution in [0.25, 0.3) is 10.8 Å². The van der Waals surface area contributed by atoms with Crippen LogP contribution in [0.4, 0.5) is 11.4 Å². The number of hydrogen-bond donors (Lipinski definition) is 0. The van der Waals surface area contributed by atoms with Crippen LogP contribution in [-0.4, -0.2) is 28.2 Å². The highest BCUT2D eigenvalue weighted by Gasteiger charge is 2.31. The molecule has 158 valence electrons. The van der Waals surface area contributed by atoms with E-state index in [1.165, 1.54) is 5.56 Å². The monoisotopic (exact) mass is 428 g/mol. The highest BCUT2D eigenvalue weighted by molar-refractivity contribution is 7.85. The van der Waals surface area contributed by atoms with Crippen LogP contribution in [0.5, 0.6) is 0 Å². The molecule has 0 aromatic heterocycles. The van der Waals surface area contributed by atoms with Gasteiger partial charge in [0.25, 0.3) is 0 Å². The topological polar surface area (TPSA) is 23.6 Å². The molecule has 31 heavy (non-hydrogen) atoms. The van der Waals surface area contributed by atoms with Crippen molar-refractivity contribution in [3.05, 3.63) is 90.5 Å². The number of fused-ring (bicyclic) bond motifs is 1. The quantitative estimate of drug-likeness (QED) is 0.422. The second kappa shape index (κ2) is 8.24. The molecule has 3 nitrogen and oxygen atoms in total. The fourth-order valence-electron chi connectivity index (χ4n) is 4.06. The molecule has 4 aromatic carbocycles. The Kier molecular flexibility index (Phi) is 5.64. The second-order valence-electron chi connectivity index (χ2n) is 8.38. The molecule has 0 saturated carbocycles. The summed E-state index contributed by atoms with van der Waals surface area (Å²) in [5.74, 6) is 0. The fourth-order valence-corrected chi connectivity index (χ4v) is 6.87. The summed E-state index contributed by atoms with van der Waals surface area (Å²) in [6.07, 6.45) is 0. The minimum Gasteiger partial charge on any atom is -0.378 e. The molecule has 4 rings (SSSR count). The molecule has 4 aromatic rings. The summed E-state index contributed by atoms with van der Waals surface area (Å²) in [5, 5.41) is 4.80. The molecule has 0 bridgehead atoms. The first-order valence-corrected chi connectivity index (χ1v) is 12.2. The van der Waals surface area contributed by atoms with E-state index >= 15 is 4.57 Å². The summed E-state index contributed by atoms with van der Waals surface area (Å²) < 4.78 is 15.1. The summed E-state index contributed by atoms with van der Waals surface area (Å²) in [7, 11) is 4.98. The summed E-state index contributed by atoms with van der Waals surface area (Å²) in [6, 6.07) is 28.7. The first-order valence-electron chi connectivity index (χ1n) is 10.5. The van der Waals surface area contributed by atoms with Gasteiger partial charge in [-0.1, -0.05) is 30.3 Å². The van der Waals surface area contributed by atoms with Crippen molar-refractivity contribution in [2.75, 3.05) is 38.0 Å². The largest absolute Gasteiger partial charge is 0.378 e. The Bertz CT molecular complexity index is 1200. The molecule has 0 unspecified atom stereocenters. The van der Waals surface area contributed by atoms with E-state index in [2.05, 4.69) is 41.0 Å². The van der Waals surface area contributed by atoms with Crippen molar-refractivity contribution in [2.45, 2.75) is 6.92 Å². The van der Waals surface area contributed by atoms with Crippen molar-refractivity contribution in [1.29, 1.82) is 0 Å². The first-order chi connectivity index (χ1) is 14.8. The number of benzene rings is 4. The van der Waals surface area contributed by atoms with Crippen LogP contribution < -0.4 is 25.7 Å². The van der Waals surface area contributed by atoms with E-state index in [1.54, 1.807) is 0 Å². The predicted octanol–water partition coefficient (Wildman–Crippen LogP) is 4.92. The van der Waals surface area contributed by atoms with Crippen LogP contribution >= 0.6 is 7.14 Å². The van der Waals surface area contributed by atoms with Crippen LogP contribution in [0.1, 0.15) is 5.56 Å². The van der Waals surface area contributed by atoms with E-state index in [1.807, 2.05) is 88.9 Å². The Labute approximate surface area is 185 Å². The molecule has 0 heterocycles. The van der Waals surface area contributed by atoms with Gasteiger partial charge in [-0.25, -0.2) is 0 Å². The van der Waals surface area contributed by atoms with Crippen molar-refractivity contribution >= 4 is 45.2 Å². The zero-order valence-electron chi connectivity index (χ0n) is 18.8. The molecule has 0 amide bonds. The Morgan fingerprint density at radius 1 is 0.581 bits per heavy atom. The first kappa shape index (κ1) is 21.2. The minimum absolute atomic E-state index is 0.852. The molecule has 0 aliphatic rings. The third-order valence-electron chi connectivity index (χ3n) is 5.92. The molecule has 0 N–H and O–H groups in total. The Morgan fingerprint density at radius 3 is 1.48 bits per heavy atom. The fraction of sp³-hybridized carbons (Fsp3) is 0.185. The Morgan fingerprint density at radius 2 is 1.03 bits per heavy atom.